The lowest BCUT2D eigenvalue weighted by Gasteiger charge is -2.26. The average Bonchev–Trinajstić information content (AvgIpc) is 2.32. The molecular weight excluding hydrogens is 231 g/mol. The van der Waals surface area contributed by atoms with Gasteiger partial charge in [-0.1, -0.05) is 18.2 Å². The van der Waals surface area contributed by atoms with Crippen molar-refractivity contribution in [2.24, 2.45) is 5.73 Å². The van der Waals surface area contributed by atoms with Crippen molar-refractivity contribution in [3.63, 3.8) is 0 Å². The summed E-state index contributed by atoms with van der Waals surface area (Å²) < 4.78 is 13.5. The third-order valence-electron chi connectivity index (χ3n) is 2.85. The number of carbonyl (C=O) groups is 1. The van der Waals surface area contributed by atoms with E-state index in [-0.39, 0.29) is 24.2 Å². The molecule has 1 rings (SSSR count). The molecule has 18 heavy (non-hydrogen) atoms. The molecule has 3 nitrogen and oxygen atoms in total. The molecule has 0 aliphatic rings. The minimum atomic E-state index is -0.326. The third-order valence-corrected chi connectivity index (χ3v) is 2.85. The molecule has 1 aromatic rings. The Morgan fingerprint density at radius 1 is 1.39 bits per heavy atom. The number of halogens is 1. The SMILES string of the molecule is CC(C)N(CCCN)C(=O)Cc1ccccc1F. The molecule has 0 saturated carbocycles. The first-order valence-electron chi connectivity index (χ1n) is 6.29. The Morgan fingerprint density at radius 3 is 2.61 bits per heavy atom. The number of carbonyl (C=O) groups excluding carboxylic acids is 1. The molecule has 100 valence electrons. The fraction of sp³-hybridized carbons (Fsp3) is 0.500. The van der Waals surface area contributed by atoms with Crippen molar-refractivity contribution in [1.29, 1.82) is 0 Å². The van der Waals surface area contributed by atoms with Crippen LogP contribution >= 0.6 is 0 Å². The zero-order valence-corrected chi connectivity index (χ0v) is 11.0. The summed E-state index contributed by atoms with van der Waals surface area (Å²) in [6, 6.07) is 6.50. The van der Waals surface area contributed by atoms with Gasteiger partial charge in [-0.05, 0) is 38.4 Å². The molecule has 0 atom stereocenters. The predicted octanol–water partition coefficient (Wildman–Crippen LogP) is 1.95. The van der Waals surface area contributed by atoms with Gasteiger partial charge in [-0.3, -0.25) is 4.79 Å². The highest BCUT2D eigenvalue weighted by molar-refractivity contribution is 5.79. The Hall–Kier alpha value is -1.42. The van der Waals surface area contributed by atoms with Crippen molar-refractivity contribution in [3.05, 3.63) is 35.6 Å². The van der Waals surface area contributed by atoms with E-state index in [9.17, 15) is 9.18 Å². The van der Waals surface area contributed by atoms with Crippen LogP contribution in [0.5, 0.6) is 0 Å². The minimum Gasteiger partial charge on any atom is -0.340 e. The van der Waals surface area contributed by atoms with E-state index >= 15 is 0 Å². The Labute approximate surface area is 108 Å². The third kappa shape index (κ3) is 4.11. The van der Waals surface area contributed by atoms with Crippen molar-refractivity contribution < 1.29 is 9.18 Å². The van der Waals surface area contributed by atoms with E-state index in [0.717, 1.165) is 6.42 Å². The van der Waals surface area contributed by atoms with Crippen molar-refractivity contribution >= 4 is 5.91 Å². The first-order chi connectivity index (χ1) is 8.56. The molecule has 0 heterocycles. The maximum Gasteiger partial charge on any atom is 0.227 e. The molecule has 0 aromatic heterocycles. The molecule has 0 radical (unpaired) electrons. The molecule has 2 N–H and O–H groups in total. The van der Waals surface area contributed by atoms with E-state index in [0.29, 0.717) is 18.7 Å². The van der Waals surface area contributed by atoms with Crippen LogP contribution < -0.4 is 5.73 Å². The summed E-state index contributed by atoms with van der Waals surface area (Å²) in [4.78, 5) is 13.9. The maximum atomic E-state index is 13.5. The number of nitrogens with zero attached hydrogens (tertiary/aromatic N) is 1. The summed E-state index contributed by atoms with van der Waals surface area (Å²) >= 11 is 0. The van der Waals surface area contributed by atoms with E-state index in [1.54, 1.807) is 23.1 Å². The second-order valence-corrected chi connectivity index (χ2v) is 4.59. The Kier molecular flexibility index (Phi) is 5.78. The van der Waals surface area contributed by atoms with Gasteiger partial charge >= 0.3 is 0 Å². The molecule has 0 spiro atoms. The average molecular weight is 252 g/mol. The lowest BCUT2D eigenvalue weighted by atomic mass is 10.1. The number of hydrogen-bond acceptors (Lipinski definition) is 2. The van der Waals surface area contributed by atoms with Crippen LogP contribution in [0.25, 0.3) is 0 Å². The quantitative estimate of drug-likeness (QED) is 0.841. The van der Waals surface area contributed by atoms with Gasteiger partial charge in [-0.15, -0.1) is 0 Å². The van der Waals surface area contributed by atoms with Crippen molar-refractivity contribution in [2.45, 2.75) is 32.7 Å². The summed E-state index contributed by atoms with van der Waals surface area (Å²) in [6.45, 7) is 5.09. The molecule has 0 fully saturated rings. The van der Waals surface area contributed by atoms with Crippen LogP contribution in [0.2, 0.25) is 0 Å². The van der Waals surface area contributed by atoms with E-state index in [2.05, 4.69) is 0 Å². The molecule has 4 heteroatoms. The number of hydrogen-bond donors (Lipinski definition) is 1. The van der Waals surface area contributed by atoms with Crippen molar-refractivity contribution in [3.8, 4) is 0 Å². The Bertz CT molecular complexity index is 393. The molecule has 1 amide bonds. The maximum absolute atomic E-state index is 13.5. The highest BCUT2D eigenvalue weighted by Crippen LogP contribution is 2.10. The zero-order chi connectivity index (χ0) is 13.5. The van der Waals surface area contributed by atoms with Crippen LogP contribution in [0, 0.1) is 5.82 Å². The van der Waals surface area contributed by atoms with Crippen LogP contribution in [0.1, 0.15) is 25.8 Å². The van der Waals surface area contributed by atoms with Crippen LogP contribution in [0.3, 0.4) is 0 Å². The fourth-order valence-corrected chi connectivity index (χ4v) is 1.84. The largest absolute Gasteiger partial charge is 0.340 e. The summed E-state index contributed by atoms with van der Waals surface area (Å²) in [6.07, 6.45) is 0.872. The molecule has 0 bridgehead atoms. The van der Waals surface area contributed by atoms with E-state index in [1.165, 1.54) is 6.07 Å². The second kappa shape index (κ2) is 7.11. The Balaban J connectivity index is 2.70. The first kappa shape index (κ1) is 14.6. The molecule has 0 aliphatic heterocycles. The molecule has 1 aromatic carbocycles. The van der Waals surface area contributed by atoms with Gasteiger partial charge in [0.05, 0.1) is 6.42 Å². The van der Waals surface area contributed by atoms with Crippen LogP contribution in [0.15, 0.2) is 24.3 Å². The van der Waals surface area contributed by atoms with Gasteiger partial charge < -0.3 is 10.6 Å². The van der Waals surface area contributed by atoms with Gasteiger partial charge in [0, 0.05) is 12.6 Å². The lowest BCUT2D eigenvalue weighted by molar-refractivity contribution is -0.132. The summed E-state index contributed by atoms with van der Waals surface area (Å²) in [7, 11) is 0. The van der Waals surface area contributed by atoms with Crippen molar-refractivity contribution in [1.82, 2.24) is 4.90 Å². The smallest absolute Gasteiger partial charge is 0.227 e. The summed E-state index contributed by atoms with van der Waals surface area (Å²) in [5.41, 5.74) is 5.90. The van der Waals surface area contributed by atoms with Gasteiger partial charge in [0.1, 0.15) is 5.82 Å². The molecular formula is C14H21FN2O. The number of rotatable bonds is 6. The van der Waals surface area contributed by atoms with E-state index in [4.69, 9.17) is 5.73 Å². The van der Waals surface area contributed by atoms with Gasteiger partial charge in [0.25, 0.3) is 0 Å². The highest BCUT2D eigenvalue weighted by Gasteiger charge is 2.17. The fourth-order valence-electron chi connectivity index (χ4n) is 1.84. The monoisotopic (exact) mass is 252 g/mol. The minimum absolute atomic E-state index is 0.0523. The number of nitrogens with two attached hydrogens (primary N) is 1. The summed E-state index contributed by atoms with van der Waals surface area (Å²) in [5, 5.41) is 0. The predicted molar refractivity (Wildman–Crippen MR) is 70.6 cm³/mol. The lowest BCUT2D eigenvalue weighted by Crippen LogP contribution is -2.39. The topological polar surface area (TPSA) is 46.3 Å². The van der Waals surface area contributed by atoms with Gasteiger partial charge in [0.15, 0.2) is 0 Å². The van der Waals surface area contributed by atoms with Crippen LogP contribution in [-0.4, -0.2) is 29.9 Å². The van der Waals surface area contributed by atoms with E-state index < -0.39 is 0 Å². The van der Waals surface area contributed by atoms with E-state index in [1.807, 2.05) is 13.8 Å². The van der Waals surface area contributed by atoms with Crippen molar-refractivity contribution in [2.75, 3.05) is 13.1 Å². The molecule has 0 unspecified atom stereocenters. The number of benzene rings is 1. The Morgan fingerprint density at radius 2 is 2.06 bits per heavy atom. The van der Waals surface area contributed by atoms with Crippen LogP contribution in [0.4, 0.5) is 4.39 Å². The summed E-state index contributed by atoms with van der Waals surface area (Å²) in [5.74, 6) is -0.378. The molecule has 0 saturated heterocycles. The second-order valence-electron chi connectivity index (χ2n) is 4.59. The normalized spacial score (nSPS) is 10.7. The van der Waals surface area contributed by atoms with Crippen LogP contribution in [-0.2, 0) is 11.2 Å². The van der Waals surface area contributed by atoms with Gasteiger partial charge in [-0.25, -0.2) is 4.39 Å². The van der Waals surface area contributed by atoms with Gasteiger partial charge in [-0.2, -0.15) is 0 Å². The number of amides is 1. The highest BCUT2D eigenvalue weighted by atomic mass is 19.1. The van der Waals surface area contributed by atoms with Gasteiger partial charge in [0.2, 0.25) is 5.91 Å². The zero-order valence-electron chi connectivity index (χ0n) is 11.0. The standard InChI is InChI=1S/C14H21FN2O/c1-11(2)17(9-5-8-16)14(18)10-12-6-3-4-7-13(12)15/h3-4,6-7,11H,5,8-10,16H2,1-2H3. The molecule has 0 aliphatic carbocycles. The first-order valence-corrected chi connectivity index (χ1v) is 6.29.